The summed E-state index contributed by atoms with van der Waals surface area (Å²) < 4.78 is 57.5. The van der Waals surface area contributed by atoms with Crippen LogP contribution in [0.15, 0.2) is 70.5 Å². The molecule has 0 fully saturated rings. The van der Waals surface area contributed by atoms with Gasteiger partial charge in [-0.15, -0.1) is 0 Å². The second-order valence-electron chi connectivity index (χ2n) is 5.96. The first-order valence-electron chi connectivity index (χ1n) is 8.17. The molecule has 2 N–H and O–H groups in total. The van der Waals surface area contributed by atoms with E-state index in [2.05, 4.69) is 5.32 Å². The smallest absolute Gasteiger partial charge is 0.288 e. The van der Waals surface area contributed by atoms with E-state index in [1.807, 2.05) is 48.5 Å². The molecule has 0 aromatic heterocycles. The highest BCUT2D eigenvalue weighted by Gasteiger charge is 2.44. The van der Waals surface area contributed by atoms with Crippen LogP contribution in [0.2, 0.25) is 0 Å². The fraction of sp³-hybridized carbons (Fsp3) is 0.0526. The van der Waals surface area contributed by atoms with Gasteiger partial charge in [0.05, 0.1) is 0 Å². The Kier molecular flexibility index (Phi) is 5.88. The van der Waals surface area contributed by atoms with Crippen molar-refractivity contribution in [2.24, 2.45) is 0 Å². The van der Waals surface area contributed by atoms with Crippen LogP contribution in [0.5, 0.6) is 0 Å². The topological polar surface area (TPSA) is 101 Å². The number of benzene rings is 3. The summed E-state index contributed by atoms with van der Waals surface area (Å²) in [6.07, 6.45) is 0. The van der Waals surface area contributed by atoms with Gasteiger partial charge in [0.25, 0.3) is 11.8 Å². The van der Waals surface area contributed by atoms with Gasteiger partial charge in [-0.05, 0) is 35.7 Å². The number of nitrogens with one attached hydrogen (secondary N) is 1. The quantitative estimate of drug-likeness (QED) is 0.340. The molecule has 3 aromatic rings. The van der Waals surface area contributed by atoms with Crippen LogP contribution in [-0.4, -0.2) is 30.3 Å². The third-order valence-corrected chi connectivity index (χ3v) is 5.65. The van der Waals surface area contributed by atoms with Gasteiger partial charge >= 0.3 is 15.6 Å². The molecule has 0 bridgehead atoms. The number of imide groups is 1. The van der Waals surface area contributed by atoms with Gasteiger partial charge in [0.2, 0.25) is 0 Å². The molecule has 30 heavy (non-hydrogen) atoms. The van der Waals surface area contributed by atoms with Gasteiger partial charge in [-0.1, -0.05) is 42.1 Å². The summed E-state index contributed by atoms with van der Waals surface area (Å²) in [4.78, 5) is 26.2. The molecule has 0 radical (unpaired) electrons. The van der Waals surface area contributed by atoms with E-state index >= 15 is 0 Å². The van der Waals surface area contributed by atoms with Crippen molar-refractivity contribution in [2.45, 2.75) is 15.3 Å². The minimum atomic E-state index is -5.84. The third kappa shape index (κ3) is 4.48. The van der Waals surface area contributed by atoms with Gasteiger partial charge in [-0.2, -0.15) is 21.6 Å². The molecule has 6 nitrogen and oxygen atoms in total. The zero-order valence-corrected chi connectivity index (χ0v) is 16.4. The standard InChI is InChI=1S/C18H11NO2S.CHF3O3S/c20-17-13-8-4-7-12-15(22-11-5-2-1-3-6-11)10-9-14(16(12)13)18(21)19-17;2-1(3,4)8(5,6)7/h1-10H,(H,19,20,21);(H,5,6,7). The number of rotatable bonds is 2. The van der Waals surface area contributed by atoms with Gasteiger partial charge in [0, 0.05) is 26.3 Å². The minimum Gasteiger partial charge on any atom is -0.288 e. The maximum Gasteiger partial charge on any atom is 0.522 e. The van der Waals surface area contributed by atoms with Crippen LogP contribution in [0.4, 0.5) is 13.2 Å². The van der Waals surface area contributed by atoms with E-state index in [1.54, 1.807) is 23.9 Å². The van der Waals surface area contributed by atoms with Gasteiger partial charge < -0.3 is 0 Å². The van der Waals surface area contributed by atoms with Crippen LogP contribution in [-0.2, 0) is 10.1 Å². The summed E-state index contributed by atoms with van der Waals surface area (Å²) in [5.41, 5.74) is -4.42. The fourth-order valence-electron chi connectivity index (χ4n) is 2.70. The summed E-state index contributed by atoms with van der Waals surface area (Å²) in [6.45, 7) is 0. The number of carbonyl (C=O) groups excluding carboxylic acids is 2. The molecule has 0 aliphatic carbocycles. The number of hydrogen-bond acceptors (Lipinski definition) is 5. The molecule has 0 atom stereocenters. The first-order chi connectivity index (χ1) is 14.0. The van der Waals surface area contributed by atoms with Crippen molar-refractivity contribution in [3.8, 4) is 0 Å². The second kappa shape index (κ2) is 8.09. The average molecular weight is 455 g/mol. The van der Waals surface area contributed by atoms with E-state index in [1.165, 1.54) is 0 Å². The molecule has 156 valence electrons. The monoisotopic (exact) mass is 455 g/mol. The normalized spacial score (nSPS) is 13.5. The Bertz CT molecular complexity index is 1220. The highest BCUT2D eigenvalue weighted by Crippen LogP contribution is 2.37. The SMILES string of the molecule is O=C1NC(=O)c2ccc(Sc3ccccc3)c3cccc1c23.O=S(=O)(O)C(F)(F)F. The zero-order valence-electron chi connectivity index (χ0n) is 14.8. The minimum absolute atomic E-state index is 0.329. The molecular formula is C19H12F3NO5S2. The van der Waals surface area contributed by atoms with Crippen molar-refractivity contribution in [3.63, 3.8) is 0 Å². The molecule has 2 amide bonds. The molecule has 1 aliphatic heterocycles. The lowest BCUT2D eigenvalue weighted by atomic mass is 9.95. The van der Waals surface area contributed by atoms with Crippen molar-refractivity contribution in [3.05, 3.63) is 71.8 Å². The van der Waals surface area contributed by atoms with E-state index in [4.69, 9.17) is 13.0 Å². The maximum absolute atomic E-state index is 12.0. The van der Waals surface area contributed by atoms with E-state index in [0.717, 1.165) is 20.6 Å². The Balaban J connectivity index is 0.000000275. The number of carbonyl (C=O) groups is 2. The first-order valence-corrected chi connectivity index (χ1v) is 10.4. The van der Waals surface area contributed by atoms with E-state index in [-0.39, 0.29) is 11.8 Å². The van der Waals surface area contributed by atoms with Gasteiger partial charge in [-0.3, -0.25) is 19.5 Å². The van der Waals surface area contributed by atoms with E-state index in [0.29, 0.717) is 11.1 Å². The first kappa shape index (κ1) is 21.8. The third-order valence-electron chi connectivity index (χ3n) is 3.98. The highest BCUT2D eigenvalue weighted by molar-refractivity contribution is 7.99. The number of hydrogen-bond donors (Lipinski definition) is 2. The lowest BCUT2D eigenvalue weighted by Gasteiger charge is -2.18. The van der Waals surface area contributed by atoms with Crippen molar-refractivity contribution in [2.75, 3.05) is 0 Å². The molecule has 1 heterocycles. The Morgan fingerprint density at radius 3 is 1.97 bits per heavy atom. The average Bonchev–Trinajstić information content (AvgIpc) is 2.66. The molecule has 0 saturated heterocycles. The zero-order chi connectivity index (χ0) is 22.1. The van der Waals surface area contributed by atoms with Crippen molar-refractivity contribution in [1.29, 1.82) is 0 Å². The Morgan fingerprint density at radius 1 is 0.833 bits per heavy atom. The van der Waals surface area contributed by atoms with Gasteiger partial charge in [0.15, 0.2) is 0 Å². The van der Waals surface area contributed by atoms with E-state index < -0.39 is 15.6 Å². The fourth-order valence-corrected chi connectivity index (χ4v) is 3.66. The van der Waals surface area contributed by atoms with Crippen LogP contribution in [0, 0.1) is 0 Å². The molecule has 0 spiro atoms. The Labute approximate surface area is 172 Å². The molecular weight excluding hydrogens is 443 g/mol. The Hall–Kier alpha value is -2.89. The summed E-state index contributed by atoms with van der Waals surface area (Å²) >= 11 is 1.63. The Morgan fingerprint density at radius 2 is 1.40 bits per heavy atom. The lowest BCUT2D eigenvalue weighted by Crippen LogP contribution is -2.34. The van der Waals surface area contributed by atoms with Crippen LogP contribution in [0.3, 0.4) is 0 Å². The van der Waals surface area contributed by atoms with Gasteiger partial charge in [-0.25, -0.2) is 0 Å². The number of amides is 2. The number of alkyl halides is 3. The van der Waals surface area contributed by atoms with Crippen molar-refractivity contribution >= 4 is 44.5 Å². The summed E-state index contributed by atoms with van der Waals surface area (Å²) in [6, 6.07) is 19.3. The lowest BCUT2D eigenvalue weighted by molar-refractivity contribution is -0.0510. The predicted octanol–water partition coefficient (Wildman–Crippen LogP) is 4.27. The summed E-state index contributed by atoms with van der Waals surface area (Å²) in [5, 5.41) is 4.06. The van der Waals surface area contributed by atoms with E-state index in [9.17, 15) is 22.8 Å². The molecule has 1 aliphatic rings. The van der Waals surface area contributed by atoms with Crippen LogP contribution < -0.4 is 5.32 Å². The van der Waals surface area contributed by atoms with Gasteiger partial charge in [0.1, 0.15) is 0 Å². The highest BCUT2D eigenvalue weighted by atomic mass is 32.2. The molecule has 0 saturated carbocycles. The molecule has 4 rings (SSSR count). The summed E-state index contributed by atoms with van der Waals surface area (Å²) in [7, 11) is -5.84. The van der Waals surface area contributed by atoms with Crippen LogP contribution in [0.1, 0.15) is 20.7 Å². The van der Waals surface area contributed by atoms with Crippen LogP contribution >= 0.6 is 11.8 Å². The van der Waals surface area contributed by atoms with Crippen molar-refractivity contribution < 1.29 is 35.7 Å². The van der Waals surface area contributed by atoms with Crippen molar-refractivity contribution in [1.82, 2.24) is 5.32 Å². The molecule has 11 heteroatoms. The second-order valence-corrected chi connectivity index (χ2v) is 8.49. The molecule has 0 unspecified atom stereocenters. The summed E-state index contributed by atoms with van der Waals surface area (Å²) in [5.74, 6) is -0.657. The van der Waals surface area contributed by atoms with Crippen LogP contribution in [0.25, 0.3) is 10.8 Å². The predicted molar refractivity (Wildman–Crippen MR) is 104 cm³/mol. The molecule has 3 aromatic carbocycles. The maximum atomic E-state index is 12.0. The number of halogens is 3. The largest absolute Gasteiger partial charge is 0.522 e.